The molecule has 1 N–H and O–H groups in total. The van der Waals surface area contributed by atoms with E-state index in [0.29, 0.717) is 18.4 Å². The minimum Gasteiger partial charge on any atom is -0.338 e. The van der Waals surface area contributed by atoms with Crippen molar-refractivity contribution in [3.8, 4) is 0 Å². The van der Waals surface area contributed by atoms with E-state index >= 15 is 0 Å². The number of hydrogen-bond donors (Lipinski definition) is 1. The fourth-order valence-electron chi connectivity index (χ4n) is 3.08. The van der Waals surface area contributed by atoms with Gasteiger partial charge in [0.05, 0.1) is 0 Å². The Morgan fingerprint density at radius 3 is 2.81 bits per heavy atom. The number of carbonyl (C=O) groups excluding carboxylic acids is 1. The van der Waals surface area contributed by atoms with Crippen molar-refractivity contribution in [2.24, 2.45) is 0 Å². The van der Waals surface area contributed by atoms with Crippen LogP contribution in [0.2, 0.25) is 0 Å². The van der Waals surface area contributed by atoms with Crippen LogP contribution >= 0.6 is 0 Å². The minimum atomic E-state index is 0.335. The summed E-state index contributed by atoms with van der Waals surface area (Å²) in [6.07, 6.45) is 5.99. The summed E-state index contributed by atoms with van der Waals surface area (Å²) in [5.41, 5.74) is 1.33. The van der Waals surface area contributed by atoms with Crippen molar-refractivity contribution in [3.05, 3.63) is 35.9 Å². The molecule has 0 aliphatic carbocycles. The highest BCUT2D eigenvalue weighted by Gasteiger charge is 2.23. The average Bonchev–Trinajstić information content (AvgIpc) is 2.54. The molecule has 0 radical (unpaired) electrons. The molecule has 0 aromatic heterocycles. The topological polar surface area (TPSA) is 32.3 Å². The van der Waals surface area contributed by atoms with Crippen LogP contribution in [0.4, 0.5) is 0 Å². The molecule has 21 heavy (non-hydrogen) atoms. The molecule has 1 aliphatic heterocycles. The Balaban J connectivity index is 1.80. The summed E-state index contributed by atoms with van der Waals surface area (Å²) in [5, 5.41) is 3.42. The van der Waals surface area contributed by atoms with Crippen LogP contribution < -0.4 is 5.32 Å². The first-order valence-corrected chi connectivity index (χ1v) is 8.35. The summed E-state index contributed by atoms with van der Waals surface area (Å²) in [6, 6.07) is 10.8. The van der Waals surface area contributed by atoms with Crippen molar-refractivity contribution in [3.63, 3.8) is 0 Å². The van der Waals surface area contributed by atoms with Gasteiger partial charge in [-0.15, -0.1) is 0 Å². The molecule has 1 unspecified atom stereocenters. The molecule has 1 aromatic carbocycles. The molecule has 1 fully saturated rings. The maximum Gasteiger partial charge on any atom is 0.222 e. The van der Waals surface area contributed by atoms with Gasteiger partial charge >= 0.3 is 0 Å². The molecule has 3 nitrogen and oxygen atoms in total. The van der Waals surface area contributed by atoms with Gasteiger partial charge in [-0.25, -0.2) is 0 Å². The van der Waals surface area contributed by atoms with Gasteiger partial charge < -0.3 is 10.2 Å². The SMILES string of the molecule is CCCN(C(=O)CCCc1ccccc1)C1CCCNC1. The molecule has 1 atom stereocenters. The third-order valence-electron chi connectivity index (χ3n) is 4.20. The lowest BCUT2D eigenvalue weighted by atomic mass is 10.0. The van der Waals surface area contributed by atoms with Gasteiger partial charge in [-0.1, -0.05) is 37.3 Å². The van der Waals surface area contributed by atoms with Crippen molar-refractivity contribution in [1.82, 2.24) is 10.2 Å². The van der Waals surface area contributed by atoms with E-state index in [1.165, 1.54) is 12.0 Å². The number of piperidine rings is 1. The summed E-state index contributed by atoms with van der Waals surface area (Å²) < 4.78 is 0. The largest absolute Gasteiger partial charge is 0.338 e. The maximum absolute atomic E-state index is 12.5. The maximum atomic E-state index is 12.5. The van der Waals surface area contributed by atoms with E-state index in [0.717, 1.165) is 45.3 Å². The molecule has 0 spiro atoms. The quantitative estimate of drug-likeness (QED) is 0.836. The third-order valence-corrected chi connectivity index (χ3v) is 4.20. The lowest BCUT2D eigenvalue weighted by Crippen LogP contribution is -2.49. The van der Waals surface area contributed by atoms with Crippen molar-refractivity contribution < 1.29 is 4.79 Å². The monoisotopic (exact) mass is 288 g/mol. The number of nitrogens with zero attached hydrogens (tertiary/aromatic N) is 1. The number of hydrogen-bond acceptors (Lipinski definition) is 2. The third kappa shape index (κ3) is 5.16. The Morgan fingerprint density at radius 1 is 1.33 bits per heavy atom. The van der Waals surface area contributed by atoms with Crippen molar-refractivity contribution in [2.45, 2.75) is 51.5 Å². The molecule has 1 aromatic rings. The summed E-state index contributed by atoms with van der Waals surface area (Å²) in [4.78, 5) is 14.6. The van der Waals surface area contributed by atoms with Crippen LogP contribution in [0.15, 0.2) is 30.3 Å². The Kier molecular flexibility index (Phi) is 6.74. The summed E-state index contributed by atoms with van der Waals surface area (Å²) in [6.45, 7) is 5.11. The van der Waals surface area contributed by atoms with Gasteiger partial charge in [0.2, 0.25) is 5.91 Å². The van der Waals surface area contributed by atoms with Gasteiger partial charge in [0.1, 0.15) is 0 Å². The van der Waals surface area contributed by atoms with E-state index in [9.17, 15) is 4.79 Å². The van der Waals surface area contributed by atoms with Gasteiger partial charge in [-0.05, 0) is 44.2 Å². The molecule has 116 valence electrons. The smallest absolute Gasteiger partial charge is 0.222 e. The van der Waals surface area contributed by atoms with Gasteiger partial charge in [-0.3, -0.25) is 4.79 Å². The fraction of sp³-hybridized carbons (Fsp3) is 0.611. The number of rotatable bonds is 7. The zero-order valence-electron chi connectivity index (χ0n) is 13.2. The summed E-state index contributed by atoms with van der Waals surface area (Å²) in [5.74, 6) is 0.335. The highest BCUT2D eigenvalue weighted by atomic mass is 16.2. The van der Waals surface area contributed by atoms with E-state index < -0.39 is 0 Å². The predicted molar refractivity (Wildman–Crippen MR) is 87.3 cm³/mol. The second kappa shape index (κ2) is 8.83. The predicted octanol–water partition coefficient (Wildman–Crippen LogP) is 3.00. The van der Waals surface area contributed by atoms with Crippen LogP contribution in [0.25, 0.3) is 0 Å². The van der Waals surface area contributed by atoms with Crippen LogP contribution in [-0.2, 0) is 11.2 Å². The Labute approximate surface area is 128 Å². The number of aryl methyl sites for hydroxylation is 1. The first-order valence-electron chi connectivity index (χ1n) is 8.35. The number of benzene rings is 1. The van der Waals surface area contributed by atoms with E-state index in [1.807, 2.05) is 6.07 Å². The molecule has 1 aliphatic rings. The molecule has 1 amide bonds. The molecule has 0 saturated carbocycles. The van der Waals surface area contributed by atoms with E-state index in [4.69, 9.17) is 0 Å². The van der Waals surface area contributed by atoms with Gasteiger partial charge in [0.15, 0.2) is 0 Å². The molecular formula is C18H28N2O. The molecule has 1 heterocycles. The first kappa shape index (κ1) is 16.0. The Hall–Kier alpha value is -1.35. The Morgan fingerprint density at radius 2 is 2.14 bits per heavy atom. The second-order valence-electron chi connectivity index (χ2n) is 5.93. The normalized spacial score (nSPS) is 18.4. The van der Waals surface area contributed by atoms with Crippen molar-refractivity contribution >= 4 is 5.91 Å². The van der Waals surface area contributed by atoms with Crippen LogP contribution in [0.1, 0.15) is 44.6 Å². The van der Waals surface area contributed by atoms with Gasteiger partial charge in [0.25, 0.3) is 0 Å². The number of amides is 1. The average molecular weight is 288 g/mol. The summed E-state index contributed by atoms with van der Waals surface area (Å²) in [7, 11) is 0. The van der Waals surface area contributed by atoms with Crippen LogP contribution in [0, 0.1) is 0 Å². The van der Waals surface area contributed by atoms with Crippen LogP contribution in [0.5, 0.6) is 0 Å². The van der Waals surface area contributed by atoms with Crippen LogP contribution in [0.3, 0.4) is 0 Å². The van der Waals surface area contributed by atoms with Gasteiger partial charge in [-0.2, -0.15) is 0 Å². The van der Waals surface area contributed by atoms with Crippen LogP contribution in [-0.4, -0.2) is 36.5 Å². The first-order chi connectivity index (χ1) is 10.3. The number of nitrogens with one attached hydrogen (secondary N) is 1. The van der Waals surface area contributed by atoms with Gasteiger partial charge in [0, 0.05) is 25.6 Å². The number of carbonyl (C=O) groups is 1. The standard InChI is InChI=1S/C18H28N2O/c1-2-14-20(17-11-7-13-19-15-17)18(21)12-6-10-16-8-4-3-5-9-16/h3-5,8-9,17,19H,2,6-7,10-15H2,1H3. The van der Waals surface area contributed by atoms with Crippen molar-refractivity contribution in [2.75, 3.05) is 19.6 Å². The van der Waals surface area contributed by atoms with Crippen molar-refractivity contribution in [1.29, 1.82) is 0 Å². The second-order valence-corrected chi connectivity index (χ2v) is 5.93. The fourth-order valence-corrected chi connectivity index (χ4v) is 3.08. The Bertz CT molecular complexity index is 412. The van der Waals surface area contributed by atoms with E-state index in [2.05, 4.69) is 41.4 Å². The molecular weight excluding hydrogens is 260 g/mol. The zero-order valence-corrected chi connectivity index (χ0v) is 13.2. The van der Waals surface area contributed by atoms with E-state index in [1.54, 1.807) is 0 Å². The molecule has 1 saturated heterocycles. The highest BCUT2D eigenvalue weighted by Crippen LogP contribution is 2.14. The zero-order chi connectivity index (χ0) is 14.9. The molecule has 0 bridgehead atoms. The summed E-state index contributed by atoms with van der Waals surface area (Å²) >= 11 is 0. The van der Waals surface area contributed by atoms with E-state index in [-0.39, 0.29) is 0 Å². The molecule has 3 heteroatoms. The lowest BCUT2D eigenvalue weighted by Gasteiger charge is -2.34. The minimum absolute atomic E-state index is 0.335. The highest BCUT2D eigenvalue weighted by molar-refractivity contribution is 5.76. The molecule has 2 rings (SSSR count). The lowest BCUT2D eigenvalue weighted by molar-refractivity contribution is -0.134.